The number of nitrogens with zero attached hydrogens (tertiary/aromatic N) is 7. The van der Waals surface area contributed by atoms with E-state index < -0.39 is 0 Å². The van der Waals surface area contributed by atoms with Gasteiger partial charge in [0, 0.05) is 54.3 Å². The Kier molecular flexibility index (Phi) is 6.53. The van der Waals surface area contributed by atoms with Gasteiger partial charge in [-0.05, 0) is 45.5 Å². The highest BCUT2D eigenvalue weighted by molar-refractivity contribution is 5.93. The number of aryl methyl sites for hydroxylation is 1. The Morgan fingerprint density at radius 2 is 2.08 bits per heavy atom. The normalized spacial score (nSPS) is 16.6. The molecule has 1 amide bonds. The number of nitrogen functional groups attached to an aromatic ring is 1. The summed E-state index contributed by atoms with van der Waals surface area (Å²) in [7, 11) is 1.98. The van der Waals surface area contributed by atoms with Gasteiger partial charge in [0.1, 0.15) is 12.1 Å². The summed E-state index contributed by atoms with van der Waals surface area (Å²) in [4.78, 5) is 32.2. The van der Waals surface area contributed by atoms with Crippen LogP contribution in [-0.2, 0) is 4.79 Å². The van der Waals surface area contributed by atoms with Crippen molar-refractivity contribution in [1.29, 1.82) is 0 Å². The molecule has 0 saturated carbocycles. The van der Waals surface area contributed by atoms with E-state index in [9.17, 15) is 4.79 Å². The summed E-state index contributed by atoms with van der Waals surface area (Å²) >= 11 is 0. The second-order valence-corrected chi connectivity index (χ2v) is 10.5. The minimum atomic E-state index is 0.118. The van der Waals surface area contributed by atoms with E-state index >= 15 is 0 Å². The number of fused-ring (bicyclic) bond motifs is 2. The van der Waals surface area contributed by atoms with E-state index in [1.54, 1.807) is 10.8 Å². The lowest BCUT2D eigenvalue weighted by molar-refractivity contribution is -0.134. The van der Waals surface area contributed by atoms with Crippen molar-refractivity contribution in [2.45, 2.75) is 46.6 Å². The fourth-order valence-electron chi connectivity index (χ4n) is 5.32. The third-order valence-corrected chi connectivity index (χ3v) is 7.58. The Labute approximate surface area is 217 Å². The molecule has 0 radical (unpaired) electrons. The number of hydrogen-bond acceptors (Lipinski definition) is 7. The van der Waals surface area contributed by atoms with Crippen LogP contribution in [0, 0.1) is 6.92 Å². The van der Waals surface area contributed by atoms with Gasteiger partial charge in [0.05, 0.1) is 23.3 Å². The number of rotatable bonds is 6. The van der Waals surface area contributed by atoms with Crippen LogP contribution in [0.15, 0.2) is 24.7 Å². The lowest BCUT2D eigenvalue weighted by Crippen LogP contribution is -2.56. The number of likely N-dealkylation sites (N-methyl/N-ethyl adjacent to an activating group) is 1. The van der Waals surface area contributed by atoms with Gasteiger partial charge in [-0.2, -0.15) is 5.10 Å². The standard InChI is InChI=1S/C27H37N9O/c1-7-33(6)14-22(37)35-11-10-34(12-17(35)4)21-9-8-20-26(32-21)23(16(2)3)25(31-20)19-13-36-27(29-15-30-36)18(5)24(19)28/h8-9,13,15-17,31H,7,10-12,14,28H2,1-6H3/t17-/m1/s1. The topological polar surface area (TPSA) is 112 Å². The molecule has 1 aliphatic rings. The maximum atomic E-state index is 12.8. The summed E-state index contributed by atoms with van der Waals surface area (Å²) in [5.41, 5.74) is 13.9. The molecule has 0 unspecified atom stereocenters. The molecule has 4 aromatic rings. The summed E-state index contributed by atoms with van der Waals surface area (Å²) in [6.45, 7) is 14.0. The molecular formula is C27H37N9O. The zero-order chi connectivity index (χ0) is 26.4. The number of H-pyrrole nitrogens is 1. The van der Waals surface area contributed by atoms with Crippen molar-refractivity contribution in [1.82, 2.24) is 34.4 Å². The molecule has 1 atom stereocenters. The first-order valence-electron chi connectivity index (χ1n) is 13.0. The number of amides is 1. The number of aromatic amines is 1. The second kappa shape index (κ2) is 9.66. The summed E-state index contributed by atoms with van der Waals surface area (Å²) in [5.74, 6) is 1.34. The van der Waals surface area contributed by atoms with E-state index in [1.807, 2.05) is 30.0 Å². The molecule has 10 nitrogen and oxygen atoms in total. The van der Waals surface area contributed by atoms with Crippen molar-refractivity contribution in [3.8, 4) is 11.3 Å². The molecule has 0 bridgehead atoms. The van der Waals surface area contributed by atoms with Crippen LogP contribution >= 0.6 is 0 Å². The Morgan fingerprint density at radius 3 is 2.78 bits per heavy atom. The molecular weight excluding hydrogens is 466 g/mol. The highest BCUT2D eigenvalue weighted by Crippen LogP contribution is 2.39. The van der Waals surface area contributed by atoms with Crippen LogP contribution in [-0.4, -0.2) is 86.1 Å². The predicted molar refractivity (Wildman–Crippen MR) is 148 cm³/mol. The Balaban J connectivity index is 1.48. The minimum absolute atomic E-state index is 0.118. The van der Waals surface area contributed by atoms with Gasteiger partial charge in [0.25, 0.3) is 0 Å². The van der Waals surface area contributed by atoms with Crippen molar-refractivity contribution >= 4 is 34.1 Å². The molecule has 10 heteroatoms. The molecule has 196 valence electrons. The first-order chi connectivity index (χ1) is 17.7. The molecule has 5 heterocycles. The van der Waals surface area contributed by atoms with E-state index in [0.29, 0.717) is 18.8 Å². The van der Waals surface area contributed by atoms with E-state index in [4.69, 9.17) is 10.7 Å². The lowest BCUT2D eigenvalue weighted by atomic mass is 9.97. The molecule has 1 aliphatic heterocycles. The molecule has 4 aromatic heterocycles. The average Bonchev–Trinajstić information content (AvgIpc) is 3.50. The van der Waals surface area contributed by atoms with Crippen molar-refractivity contribution in [3.63, 3.8) is 0 Å². The van der Waals surface area contributed by atoms with E-state index in [1.165, 1.54) is 0 Å². The van der Waals surface area contributed by atoms with Crippen LogP contribution in [0.5, 0.6) is 0 Å². The van der Waals surface area contributed by atoms with Crippen LogP contribution in [0.4, 0.5) is 11.5 Å². The Hall–Kier alpha value is -3.66. The van der Waals surface area contributed by atoms with Crippen LogP contribution in [0.25, 0.3) is 27.9 Å². The van der Waals surface area contributed by atoms with Gasteiger partial charge in [-0.15, -0.1) is 0 Å². The molecule has 37 heavy (non-hydrogen) atoms. The van der Waals surface area contributed by atoms with Gasteiger partial charge in [-0.3, -0.25) is 9.69 Å². The number of piperazine rings is 1. The maximum absolute atomic E-state index is 12.8. The van der Waals surface area contributed by atoms with Crippen LogP contribution in [0.1, 0.15) is 44.7 Å². The molecule has 3 N–H and O–H groups in total. The van der Waals surface area contributed by atoms with Crippen LogP contribution in [0.2, 0.25) is 0 Å². The molecule has 1 saturated heterocycles. The van der Waals surface area contributed by atoms with E-state index in [0.717, 1.165) is 64.5 Å². The van der Waals surface area contributed by atoms with Gasteiger partial charge in [0.15, 0.2) is 5.65 Å². The second-order valence-electron chi connectivity index (χ2n) is 10.5. The van der Waals surface area contributed by atoms with E-state index in [2.05, 4.69) is 59.8 Å². The lowest BCUT2D eigenvalue weighted by Gasteiger charge is -2.41. The predicted octanol–water partition coefficient (Wildman–Crippen LogP) is 3.28. The Bertz CT molecular complexity index is 1450. The van der Waals surface area contributed by atoms with Gasteiger partial charge >= 0.3 is 0 Å². The quantitative estimate of drug-likeness (QED) is 0.415. The summed E-state index contributed by atoms with van der Waals surface area (Å²) in [6, 6.07) is 4.28. The monoisotopic (exact) mass is 503 g/mol. The van der Waals surface area contributed by atoms with Gasteiger partial charge in [0.2, 0.25) is 5.91 Å². The third kappa shape index (κ3) is 4.39. The zero-order valence-electron chi connectivity index (χ0n) is 22.6. The first kappa shape index (κ1) is 25.0. The van der Waals surface area contributed by atoms with Gasteiger partial charge in [-0.25, -0.2) is 14.5 Å². The third-order valence-electron chi connectivity index (χ3n) is 7.58. The first-order valence-corrected chi connectivity index (χ1v) is 13.0. The van der Waals surface area contributed by atoms with Crippen LogP contribution < -0.4 is 10.6 Å². The number of nitrogens with one attached hydrogen (secondary N) is 1. The number of carbonyl (C=O) groups is 1. The number of hydrogen-bond donors (Lipinski definition) is 2. The minimum Gasteiger partial charge on any atom is -0.398 e. The average molecular weight is 504 g/mol. The molecule has 1 fully saturated rings. The number of carbonyl (C=O) groups excluding carboxylic acids is 1. The van der Waals surface area contributed by atoms with Crippen molar-refractivity contribution < 1.29 is 4.79 Å². The maximum Gasteiger partial charge on any atom is 0.237 e. The smallest absolute Gasteiger partial charge is 0.237 e. The number of aromatic nitrogens is 5. The van der Waals surface area contributed by atoms with E-state index in [-0.39, 0.29) is 17.9 Å². The number of nitrogens with two attached hydrogens (primary N) is 1. The highest BCUT2D eigenvalue weighted by Gasteiger charge is 2.29. The number of anilines is 2. The fourth-order valence-corrected chi connectivity index (χ4v) is 5.32. The molecule has 5 rings (SSSR count). The van der Waals surface area contributed by atoms with Gasteiger partial charge in [-0.1, -0.05) is 20.8 Å². The molecule has 0 aliphatic carbocycles. The summed E-state index contributed by atoms with van der Waals surface area (Å²) in [5, 5.41) is 4.34. The number of pyridine rings is 2. The summed E-state index contributed by atoms with van der Waals surface area (Å²) in [6.07, 6.45) is 3.49. The summed E-state index contributed by atoms with van der Waals surface area (Å²) < 4.78 is 1.77. The zero-order valence-corrected chi connectivity index (χ0v) is 22.6. The highest BCUT2D eigenvalue weighted by atomic mass is 16.2. The van der Waals surface area contributed by atoms with Crippen LogP contribution in [0.3, 0.4) is 0 Å². The largest absolute Gasteiger partial charge is 0.398 e. The van der Waals surface area contributed by atoms with Crippen molar-refractivity contribution in [3.05, 3.63) is 35.8 Å². The van der Waals surface area contributed by atoms with Crippen molar-refractivity contribution in [2.75, 3.05) is 50.4 Å². The van der Waals surface area contributed by atoms with Crippen molar-refractivity contribution in [2.24, 2.45) is 0 Å². The SMILES string of the molecule is CCN(C)CC(=O)N1CCN(c2ccc3[nH]c(-c4cn5ncnc5c(C)c4N)c(C(C)C)c3n2)C[C@H]1C. The fraction of sp³-hybridized carbons (Fsp3) is 0.481. The molecule has 0 aromatic carbocycles. The Morgan fingerprint density at radius 1 is 1.30 bits per heavy atom. The van der Waals surface area contributed by atoms with Gasteiger partial charge < -0.3 is 20.5 Å². The molecule has 0 spiro atoms.